The van der Waals surface area contributed by atoms with Gasteiger partial charge in [0.05, 0.1) is 16.5 Å². The minimum absolute atomic E-state index is 0.0153. The van der Waals surface area contributed by atoms with Crippen molar-refractivity contribution in [2.24, 2.45) is 34.0 Å². The SMILES string of the molecule is C=CCNC(=O)C(=O)C(CC1CC1)NC(=O)[C@@H]1[C@@H]2[C@H](CN1C(=O)[C@@H](NC(=O)[C@@H](NC(=O)OC1(CS(=O)(=O)C(C)(C)C)CCCCC1)C1(C)CCCCC1)C(C)(C)C)C2(C)C. The summed E-state index contributed by atoms with van der Waals surface area (Å²) in [5, 5.41) is 11.3. The fraction of sp³-hybridized carbons (Fsp3) is 0.822. The number of piperidine rings is 1. The predicted molar refractivity (Wildman–Crippen MR) is 229 cm³/mol. The highest BCUT2D eigenvalue weighted by Crippen LogP contribution is 2.65. The minimum Gasteiger partial charge on any atom is -0.442 e. The summed E-state index contributed by atoms with van der Waals surface area (Å²) in [6.45, 7) is 20.4. The molecule has 1 heterocycles. The number of nitrogens with zero attached hydrogens (tertiary/aromatic N) is 1. The zero-order valence-electron chi connectivity index (χ0n) is 37.7. The number of hydrogen-bond donors (Lipinski definition) is 4. The molecule has 4 aliphatic carbocycles. The number of rotatable bonds is 16. The van der Waals surface area contributed by atoms with Crippen LogP contribution < -0.4 is 21.3 Å². The molecule has 0 spiro atoms. The van der Waals surface area contributed by atoms with E-state index in [1.165, 1.54) is 11.0 Å². The average molecular weight is 860 g/mol. The Labute approximate surface area is 358 Å². The van der Waals surface area contributed by atoms with E-state index in [1.54, 1.807) is 20.8 Å². The van der Waals surface area contributed by atoms with Crippen LogP contribution >= 0.6 is 0 Å². The number of fused-ring (bicyclic) bond motifs is 1. The van der Waals surface area contributed by atoms with Crippen molar-refractivity contribution in [3.8, 4) is 0 Å². The number of amides is 5. The standard InChI is InChI=1S/C45H73N5O9S/c1-11-24-46-37(53)33(51)30(25-28-18-19-28)47-36(52)32-31-29(43(31,8)9)26-50(32)39(55)35(41(2,3)4)48-38(54)34(44(10)20-14-12-15-21-44)49-40(56)59-45(22-16-13-17-23-45)27-60(57,58)42(5,6)7/h11,28-32,34-35H,1,12-27H2,2-10H3,(H,46,53)(H,47,52)(H,48,54)(H,49,56)/t29-,30?,31-,32-,34+,35+/m0/s1. The Bertz CT molecular complexity index is 1780. The Kier molecular flexibility index (Phi) is 14.0. The molecule has 1 unspecified atom stereocenters. The van der Waals surface area contributed by atoms with Gasteiger partial charge in [0.1, 0.15) is 23.7 Å². The second-order valence-corrected chi connectivity index (χ2v) is 24.3. The average Bonchev–Trinajstić information content (AvgIpc) is 4.01. The van der Waals surface area contributed by atoms with Crippen LogP contribution in [0.5, 0.6) is 0 Å². The molecule has 60 heavy (non-hydrogen) atoms. The molecule has 0 aromatic rings. The molecule has 5 aliphatic rings. The molecule has 0 aromatic carbocycles. The smallest absolute Gasteiger partial charge is 0.408 e. The second kappa shape index (κ2) is 17.7. The third-order valence-electron chi connectivity index (χ3n) is 14.4. The third kappa shape index (κ3) is 10.6. The van der Waals surface area contributed by atoms with Crippen LogP contribution in [0.3, 0.4) is 0 Å². The highest BCUT2D eigenvalue weighted by Gasteiger charge is 2.70. The van der Waals surface area contributed by atoms with E-state index >= 15 is 0 Å². The lowest BCUT2D eigenvalue weighted by atomic mass is 9.70. The number of alkyl carbamates (subject to hydrolysis) is 1. The number of Topliss-reactive ketones (excluding diaryl/α,β-unsaturated/α-hetero) is 1. The number of nitrogens with one attached hydrogen (secondary N) is 4. The number of sulfone groups is 1. The number of likely N-dealkylation sites (tertiary alicyclic amines) is 1. The Morgan fingerprint density at radius 2 is 1.43 bits per heavy atom. The first-order valence-corrected chi connectivity index (χ1v) is 24.0. The topological polar surface area (TPSA) is 197 Å². The van der Waals surface area contributed by atoms with E-state index in [0.29, 0.717) is 44.9 Å². The van der Waals surface area contributed by atoms with Crippen LogP contribution in [0.25, 0.3) is 0 Å². The van der Waals surface area contributed by atoms with E-state index < -0.39 is 90.7 Å². The first-order chi connectivity index (χ1) is 27.8. The molecule has 15 heteroatoms. The fourth-order valence-electron chi connectivity index (χ4n) is 10.0. The van der Waals surface area contributed by atoms with Crippen LogP contribution in [-0.4, -0.2) is 102 Å². The molecule has 0 radical (unpaired) electrons. The summed E-state index contributed by atoms with van der Waals surface area (Å²) < 4.78 is 32.0. The molecule has 0 aromatic heterocycles. The van der Waals surface area contributed by atoms with Crippen molar-refractivity contribution in [3.05, 3.63) is 12.7 Å². The maximum Gasteiger partial charge on any atom is 0.408 e. The van der Waals surface area contributed by atoms with Crippen LogP contribution in [0.1, 0.15) is 146 Å². The van der Waals surface area contributed by atoms with Gasteiger partial charge >= 0.3 is 6.09 Å². The number of carbonyl (C=O) groups excluding carboxylic acids is 6. The van der Waals surface area contributed by atoms with Crippen molar-refractivity contribution >= 4 is 45.3 Å². The number of hydrogen-bond acceptors (Lipinski definition) is 9. The van der Waals surface area contributed by atoms with Crippen molar-refractivity contribution < 1.29 is 41.9 Å². The summed E-state index contributed by atoms with van der Waals surface area (Å²) in [5.41, 5.74) is -3.00. The predicted octanol–water partition coefficient (Wildman–Crippen LogP) is 5.14. The largest absolute Gasteiger partial charge is 0.442 e. The van der Waals surface area contributed by atoms with Gasteiger partial charge in [-0.05, 0) is 99.7 Å². The Morgan fingerprint density at radius 3 is 1.97 bits per heavy atom. The van der Waals surface area contributed by atoms with E-state index in [9.17, 15) is 37.2 Å². The molecule has 0 bridgehead atoms. The molecule has 4 saturated carbocycles. The Hall–Kier alpha value is -3.49. The molecule has 338 valence electrons. The molecular weight excluding hydrogens is 787 g/mol. The normalized spacial score (nSPS) is 25.9. The summed E-state index contributed by atoms with van der Waals surface area (Å²) in [6, 6.07) is -4.19. The van der Waals surface area contributed by atoms with Crippen molar-refractivity contribution in [1.82, 2.24) is 26.2 Å². The van der Waals surface area contributed by atoms with Gasteiger partial charge < -0.3 is 30.9 Å². The van der Waals surface area contributed by atoms with Crippen molar-refractivity contribution in [2.45, 2.75) is 180 Å². The first-order valence-electron chi connectivity index (χ1n) is 22.3. The zero-order chi connectivity index (χ0) is 44.6. The van der Waals surface area contributed by atoms with E-state index in [4.69, 9.17) is 4.74 Å². The van der Waals surface area contributed by atoms with Crippen molar-refractivity contribution in [2.75, 3.05) is 18.8 Å². The monoisotopic (exact) mass is 860 g/mol. The molecule has 4 N–H and O–H groups in total. The van der Waals surface area contributed by atoms with Gasteiger partial charge in [0.25, 0.3) is 5.91 Å². The van der Waals surface area contributed by atoms with Gasteiger partial charge in [-0.1, -0.05) is 86.1 Å². The van der Waals surface area contributed by atoms with Gasteiger partial charge in [-0.25, -0.2) is 13.2 Å². The molecule has 5 fully saturated rings. The third-order valence-corrected chi connectivity index (χ3v) is 17.1. The van der Waals surface area contributed by atoms with E-state index in [2.05, 4.69) is 41.7 Å². The lowest BCUT2D eigenvalue weighted by Crippen LogP contribution is -2.64. The molecule has 1 saturated heterocycles. The van der Waals surface area contributed by atoms with Crippen LogP contribution in [0.4, 0.5) is 4.79 Å². The van der Waals surface area contributed by atoms with Crippen LogP contribution in [0.2, 0.25) is 0 Å². The number of ether oxygens (including phenoxy) is 1. The fourth-order valence-corrected chi connectivity index (χ4v) is 11.5. The van der Waals surface area contributed by atoms with Gasteiger partial charge in [-0.15, -0.1) is 6.58 Å². The van der Waals surface area contributed by atoms with E-state index in [-0.39, 0.29) is 42.0 Å². The van der Waals surface area contributed by atoms with Crippen molar-refractivity contribution in [3.63, 3.8) is 0 Å². The molecule has 5 rings (SSSR count). The molecular formula is C45H73N5O9S. The highest BCUT2D eigenvalue weighted by molar-refractivity contribution is 7.92. The summed E-state index contributed by atoms with van der Waals surface area (Å²) >= 11 is 0. The highest BCUT2D eigenvalue weighted by atomic mass is 32.2. The second-order valence-electron chi connectivity index (χ2n) is 21.6. The van der Waals surface area contributed by atoms with E-state index in [1.807, 2.05) is 27.7 Å². The van der Waals surface area contributed by atoms with Gasteiger partial charge in [0.15, 0.2) is 9.84 Å². The van der Waals surface area contributed by atoms with Gasteiger partial charge in [0, 0.05) is 13.1 Å². The number of ketones is 1. The van der Waals surface area contributed by atoms with Crippen LogP contribution in [0.15, 0.2) is 12.7 Å². The van der Waals surface area contributed by atoms with Gasteiger partial charge in [-0.2, -0.15) is 0 Å². The zero-order valence-corrected chi connectivity index (χ0v) is 38.5. The first kappa shape index (κ1) is 47.6. The maximum absolute atomic E-state index is 14.9. The number of carbonyl (C=O) groups is 6. The Morgan fingerprint density at radius 1 is 0.850 bits per heavy atom. The maximum atomic E-state index is 14.9. The minimum atomic E-state index is -3.66. The quantitative estimate of drug-likeness (QED) is 0.120. The molecule has 6 atom stereocenters. The lowest BCUT2D eigenvalue weighted by molar-refractivity contribution is -0.147. The lowest BCUT2D eigenvalue weighted by Gasteiger charge is -2.43. The van der Waals surface area contributed by atoms with Crippen LogP contribution in [-0.2, 0) is 38.5 Å². The molecule has 5 amide bonds. The van der Waals surface area contributed by atoms with Crippen LogP contribution in [0, 0.1) is 34.0 Å². The van der Waals surface area contributed by atoms with Gasteiger partial charge in [-0.3, -0.25) is 24.0 Å². The molecule has 1 aliphatic heterocycles. The summed E-state index contributed by atoms with van der Waals surface area (Å²) in [5.74, 6) is -3.32. The summed E-state index contributed by atoms with van der Waals surface area (Å²) in [4.78, 5) is 85.6. The molecule has 14 nitrogen and oxygen atoms in total. The van der Waals surface area contributed by atoms with Gasteiger partial charge in [0.2, 0.25) is 23.5 Å². The van der Waals surface area contributed by atoms with Crippen molar-refractivity contribution in [1.29, 1.82) is 0 Å². The Balaban J connectivity index is 1.39. The summed E-state index contributed by atoms with van der Waals surface area (Å²) in [7, 11) is -3.66. The van der Waals surface area contributed by atoms with E-state index in [0.717, 1.165) is 38.5 Å². The summed E-state index contributed by atoms with van der Waals surface area (Å²) in [6.07, 6.45) is 9.80.